The molecule has 0 saturated carbocycles. The molecule has 2 rings (SSSR count). The molecule has 0 unspecified atom stereocenters. The summed E-state index contributed by atoms with van der Waals surface area (Å²) in [5, 5.41) is 0. The molecule has 0 aliphatic carbocycles. The molecule has 4 nitrogen and oxygen atoms in total. The Bertz CT molecular complexity index is 850. The van der Waals surface area contributed by atoms with Gasteiger partial charge in [0, 0.05) is 6.04 Å². The van der Waals surface area contributed by atoms with Gasteiger partial charge in [0.2, 0.25) is 10.0 Å². The molecule has 0 bridgehead atoms. The summed E-state index contributed by atoms with van der Waals surface area (Å²) in [7, 11) is -2.06. The van der Waals surface area contributed by atoms with Gasteiger partial charge in [0.25, 0.3) is 0 Å². The number of methoxy groups -OCH3 is 1. The van der Waals surface area contributed by atoms with Crippen LogP contribution in [0.3, 0.4) is 0 Å². The van der Waals surface area contributed by atoms with Gasteiger partial charge < -0.3 is 4.74 Å². The van der Waals surface area contributed by atoms with Crippen LogP contribution in [-0.2, 0) is 10.0 Å². The normalized spacial score (nSPS) is 12.9. The molecule has 2 aromatic rings. The van der Waals surface area contributed by atoms with E-state index in [1.807, 2.05) is 32.9 Å². The van der Waals surface area contributed by atoms with E-state index in [-0.39, 0.29) is 6.04 Å². The van der Waals surface area contributed by atoms with Gasteiger partial charge in [-0.05, 0) is 74.1 Å². The van der Waals surface area contributed by atoms with Crippen LogP contribution < -0.4 is 9.46 Å². The minimum Gasteiger partial charge on any atom is -0.497 e. The Hall–Kier alpha value is -1.85. The van der Waals surface area contributed by atoms with Crippen molar-refractivity contribution in [1.29, 1.82) is 0 Å². The van der Waals surface area contributed by atoms with E-state index in [4.69, 9.17) is 4.74 Å². The van der Waals surface area contributed by atoms with Gasteiger partial charge in [-0.1, -0.05) is 25.1 Å². The van der Waals surface area contributed by atoms with Crippen LogP contribution in [0.1, 0.15) is 47.2 Å². The van der Waals surface area contributed by atoms with Crippen molar-refractivity contribution in [2.45, 2.75) is 52.0 Å². The lowest BCUT2D eigenvalue weighted by Gasteiger charge is -2.20. The zero-order valence-electron chi connectivity index (χ0n) is 15.8. The third-order valence-electron chi connectivity index (χ3n) is 4.58. The molecule has 0 spiro atoms. The zero-order valence-corrected chi connectivity index (χ0v) is 16.6. The van der Waals surface area contributed by atoms with Crippen LogP contribution in [0.4, 0.5) is 0 Å². The van der Waals surface area contributed by atoms with Crippen molar-refractivity contribution < 1.29 is 13.2 Å². The number of sulfonamides is 1. The smallest absolute Gasteiger partial charge is 0.241 e. The van der Waals surface area contributed by atoms with Crippen LogP contribution >= 0.6 is 0 Å². The molecule has 1 N–H and O–H groups in total. The van der Waals surface area contributed by atoms with E-state index < -0.39 is 10.0 Å². The molecular weight excluding hydrogens is 334 g/mol. The van der Waals surface area contributed by atoms with Crippen molar-refractivity contribution in [2.24, 2.45) is 0 Å². The summed E-state index contributed by atoms with van der Waals surface area (Å²) in [5.74, 6) is 0.662. The molecule has 0 amide bonds. The van der Waals surface area contributed by atoms with Crippen LogP contribution in [0, 0.1) is 27.7 Å². The first-order valence-corrected chi connectivity index (χ1v) is 9.92. The first-order chi connectivity index (χ1) is 11.7. The van der Waals surface area contributed by atoms with E-state index >= 15 is 0 Å². The van der Waals surface area contributed by atoms with E-state index in [1.54, 1.807) is 33.1 Å². The Kier molecular flexibility index (Phi) is 5.91. The predicted octanol–water partition coefficient (Wildman–Crippen LogP) is 4.36. The number of ether oxygens (including phenoxy) is 1. The summed E-state index contributed by atoms with van der Waals surface area (Å²) in [6, 6.07) is 9.32. The van der Waals surface area contributed by atoms with Gasteiger partial charge in [0.15, 0.2) is 0 Å². The minimum absolute atomic E-state index is 0.259. The maximum atomic E-state index is 13.0. The summed E-state index contributed by atoms with van der Waals surface area (Å²) in [5.41, 5.74) is 4.70. The third kappa shape index (κ3) is 4.22. The van der Waals surface area contributed by atoms with Crippen LogP contribution in [-0.4, -0.2) is 15.5 Å². The summed E-state index contributed by atoms with van der Waals surface area (Å²) < 4.78 is 34.1. The lowest BCUT2D eigenvalue weighted by molar-refractivity contribution is 0.413. The van der Waals surface area contributed by atoms with Crippen molar-refractivity contribution in [3.63, 3.8) is 0 Å². The average Bonchev–Trinajstić information content (AvgIpc) is 2.54. The second-order valence-corrected chi connectivity index (χ2v) is 8.17. The van der Waals surface area contributed by atoms with Crippen molar-refractivity contribution in [1.82, 2.24) is 4.72 Å². The molecule has 0 aliphatic rings. The summed E-state index contributed by atoms with van der Waals surface area (Å²) >= 11 is 0. The highest BCUT2D eigenvalue weighted by Crippen LogP contribution is 2.28. The fourth-order valence-electron chi connectivity index (χ4n) is 3.07. The molecular formula is C20H27NO3S. The topological polar surface area (TPSA) is 55.4 Å². The molecule has 136 valence electrons. The molecule has 25 heavy (non-hydrogen) atoms. The van der Waals surface area contributed by atoms with Gasteiger partial charge in [-0.2, -0.15) is 0 Å². The zero-order chi connectivity index (χ0) is 18.8. The molecule has 2 aromatic carbocycles. The molecule has 0 fully saturated rings. The van der Waals surface area contributed by atoms with Crippen molar-refractivity contribution in [3.05, 3.63) is 58.1 Å². The monoisotopic (exact) mass is 361 g/mol. The van der Waals surface area contributed by atoms with Crippen LogP contribution in [0.15, 0.2) is 35.2 Å². The highest BCUT2D eigenvalue weighted by atomic mass is 32.2. The Balaban J connectivity index is 2.41. The molecule has 5 heteroatoms. The highest BCUT2D eigenvalue weighted by Gasteiger charge is 2.24. The maximum absolute atomic E-state index is 13.0. The molecule has 0 saturated heterocycles. The Morgan fingerprint density at radius 1 is 0.960 bits per heavy atom. The van der Waals surface area contributed by atoms with E-state index in [9.17, 15) is 8.42 Å². The van der Waals surface area contributed by atoms with Crippen molar-refractivity contribution in [3.8, 4) is 5.75 Å². The van der Waals surface area contributed by atoms with Crippen molar-refractivity contribution in [2.75, 3.05) is 7.11 Å². The number of hydrogen-bond donors (Lipinski definition) is 1. The number of benzene rings is 2. The van der Waals surface area contributed by atoms with Gasteiger partial charge in [-0.15, -0.1) is 0 Å². The van der Waals surface area contributed by atoms with E-state index in [0.717, 1.165) is 11.1 Å². The lowest BCUT2D eigenvalue weighted by atomic mass is 10.0. The maximum Gasteiger partial charge on any atom is 0.241 e. The predicted molar refractivity (Wildman–Crippen MR) is 102 cm³/mol. The fourth-order valence-corrected chi connectivity index (χ4v) is 4.83. The lowest BCUT2D eigenvalue weighted by Crippen LogP contribution is -2.29. The standard InChI is InChI=1S/C20H27NO3S/c1-7-19(17-9-8-13(2)14(3)10-17)21-25(22,23)20-15(4)11-18(24-6)12-16(20)5/h8-12,19,21H,7H2,1-6H3/t19-/m0/s1. The molecule has 0 radical (unpaired) electrons. The number of nitrogens with one attached hydrogen (secondary N) is 1. The van der Waals surface area contributed by atoms with E-state index in [0.29, 0.717) is 28.2 Å². The second-order valence-electron chi connectivity index (χ2n) is 6.52. The Labute approximate surface area is 151 Å². The van der Waals surface area contributed by atoms with Crippen LogP contribution in [0.2, 0.25) is 0 Å². The van der Waals surface area contributed by atoms with Crippen LogP contribution in [0.25, 0.3) is 0 Å². The van der Waals surface area contributed by atoms with Gasteiger partial charge in [0.05, 0.1) is 12.0 Å². The van der Waals surface area contributed by atoms with Crippen molar-refractivity contribution >= 4 is 10.0 Å². The average molecular weight is 362 g/mol. The van der Waals surface area contributed by atoms with E-state index in [2.05, 4.69) is 10.8 Å². The number of aryl methyl sites for hydroxylation is 4. The molecule has 1 atom stereocenters. The SMILES string of the molecule is CC[C@H](NS(=O)(=O)c1c(C)cc(OC)cc1C)c1ccc(C)c(C)c1. The van der Waals surface area contributed by atoms with Gasteiger partial charge in [0.1, 0.15) is 5.75 Å². The largest absolute Gasteiger partial charge is 0.497 e. The highest BCUT2D eigenvalue weighted by molar-refractivity contribution is 7.89. The fraction of sp³-hybridized carbons (Fsp3) is 0.400. The van der Waals surface area contributed by atoms with Gasteiger partial charge in [-0.3, -0.25) is 0 Å². The summed E-state index contributed by atoms with van der Waals surface area (Å²) in [4.78, 5) is 0.329. The Morgan fingerprint density at radius 3 is 2.04 bits per heavy atom. The molecule has 0 aliphatic heterocycles. The second kappa shape index (κ2) is 7.58. The first-order valence-electron chi connectivity index (χ1n) is 8.44. The van der Waals surface area contributed by atoms with Crippen LogP contribution in [0.5, 0.6) is 5.75 Å². The Morgan fingerprint density at radius 2 is 1.56 bits per heavy atom. The number of hydrogen-bond acceptors (Lipinski definition) is 3. The van der Waals surface area contributed by atoms with E-state index in [1.165, 1.54) is 5.56 Å². The molecule has 0 aromatic heterocycles. The molecule has 0 heterocycles. The van der Waals surface area contributed by atoms with Gasteiger partial charge in [-0.25, -0.2) is 13.1 Å². The summed E-state index contributed by atoms with van der Waals surface area (Å²) in [6.45, 7) is 9.66. The quantitative estimate of drug-likeness (QED) is 0.832. The first kappa shape index (κ1) is 19.5. The minimum atomic E-state index is -3.63. The summed E-state index contributed by atoms with van der Waals surface area (Å²) in [6.07, 6.45) is 0.677. The third-order valence-corrected chi connectivity index (χ3v) is 6.35. The number of rotatable bonds is 6. The van der Waals surface area contributed by atoms with Gasteiger partial charge >= 0.3 is 0 Å².